The molecule has 0 aromatic carbocycles. The maximum Gasteiger partial charge on any atom is 0.131 e. The molecule has 0 aliphatic heterocycles. The van der Waals surface area contributed by atoms with Crippen LogP contribution in [0.4, 0.5) is 0 Å². The van der Waals surface area contributed by atoms with Crippen LogP contribution < -0.4 is 0 Å². The highest BCUT2D eigenvalue weighted by molar-refractivity contribution is 6.25. The Morgan fingerprint density at radius 3 is 2.64 bits per heavy atom. The van der Waals surface area contributed by atoms with Crippen molar-refractivity contribution in [1.29, 1.82) is 5.26 Å². The van der Waals surface area contributed by atoms with Crippen molar-refractivity contribution in [3.05, 3.63) is 11.6 Å². The average Bonchev–Trinajstić information content (AvgIpc) is 2.00. The topological polar surface area (TPSA) is 23.8 Å². The van der Waals surface area contributed by atoms with Gasteiger partial charge in [-0.1, -0.05) is 11.6 Å². The number of alkyl halides is 2. The Bertz CT molecular complexity index is 189. The molecule has 0 saturated heterocycles. The van der Waals surface area contributed by atoms with Gasteiger partial charge < -0.3 is 0 Å². The third kappa shape index (κ3) is 5.12. The Hall–Kier alpha value is -0.190. The van der Waals surface area contributed by atoms with Gasteiger partial charge in [-0.2, -0.15) is 5.26 Å². The Balaban J connectivity index is 3.99. The second kappa shape index (κ2) is 4.64. The summed E-state index contributed by atoms with van der Waals surface area (Å²) >= 11 is 11.3. The molecule has 0 N–H and O–H groups in total. The van der Waals surface area contributed by atoms with Gasteiger partial charge in [0.1, 0.15) is 4.87 Å². The Labute approximate surface area is 77.6 Å². The minimum atomic E-state index is -0.784. The predicted octanol–water partition coefficient (Wildman–Crippen LogP) is 3.08. The Morgan fingerprint density at radius 1 is 1.73 bits per heavy atom. The first kappa shape index (κ1) is 10.8. The molecule has 0 heterocycles. The molecule has 0 bridgehead atoms. The molecule has 0 amide bonds. The van der Waals surface area contributed by atoms with E-state index in [9.17, 15) is 0 Å². The summed E-state index contributed by atoms with van der Waals surface area (Å²) in [5.41, 5.74) is 1.05. The molecule has 0 spiro atoms. The molecule has 1 unspecified atom stereocenters. The van der Waals surface area contributed by atoms with Crippen molar-refractivity contribution in [2.45, 2.75) is 25.1 Å². The second-order valence-electron chi connectivity index (χ2n) is 2.70. The summed E-state index contributed by atoms with van der Waals surface area (Å²) in [6.45, 7) is 3.60. The van der Waals surface area contributed by atoms with Crippen molar-refractivity contribution < 1.29 is 0 Å². The number of halogens is 2. The van der Waals surface area contributed by atoms with Crippen LogP contribution in [0.2, 0.25) is 0 Å². The monoisotopic (exact) mass is 191 g/mol. The van der Waals surface area contributed by atoms with Gasteiger partial charge in [-0.25, -0.2) is 0 Å². The van der Waals surface area contributed by atoms with Crippen LogP contribution in [0.3, 0.4) is 0 Å². The molecule has 0 fully saturated rings. The molecule has 0 aromatic heterocycles. The summed E-state index contributed by atoms with van der Waals surface area (Å²) in [4.78, 5) is -0.784. The highest BCUT2D eigenvalue weighted by atomic mass is 35.5. The largest absolute Gasteiger partial charge is 0.196 e. The average molecular weight is 192 g/mol. The maximum atomic E-state index is 8.54. The highest BCUT2D eigenvalue weighted by Gasteiger charge is 2.17. The van der Waals surface area contributed by atoms with E-state index in [4.69, 9.17) is 28.5 Å². The van der Waals surface area contributed by atoms with Gasteiger partial charge >= 0.3 is 0 Å². The molecule has 0 radical (unpaired) electrons. The first-order valence-electron chi connectivity index (χ1n) is 3.33. The molecule has 3 heteroatoms. The van der Waals surface area contributed by atoms with Crippen LogP contribution in [-0.2, 0) is 0 Å². The lowest BCUT2D eigenvalue weighted by Crippen LogP contribution is -2.11. The molecular weight excluding hydrogens is 181 g/mol. The quantitative estimate of drug-likeness (QED) is 0.497. The van der Waals surface area contributed by atoms with E-state index in [-0.39, 0.29) is 0 Å². The zero-order valence-corrected chi connectivity index (χ0v) is 8.21. The zero-order valence-electron chi connectivity index (χ0n) is 6.69. The van der Waals surface area contributed by atoms with E-state index in [0.717, 1.165) is 5.57 Å². The molecule has 11 heavy (non-hydrogen) atoms. The van der Waals surface area contributed by atoms with Crippen molar-refractivity contribution in [2.24, 2.45) is 0 Å². The molecule has 0 aromatic rings. The van der Waals surface area contributed by atoms with Crippen LogP contribution in [0.1, 0.15) is 20.3 Å². The second-order valence-corrected chi connectivity index (χ2v) is 3.80. The van der Waals surface area contributed by atoms with Crippen LogP contribution in [0.15, 0.2) is 11.6 Å². The number of nitriles is 1. The van der Waals surface area contributed by atoms with Crippen LogP contribution in [0.5, 0.6) is 0 Å². The molecule has 0 aliphatic rings. The molecule has 0 saturated carbocycles. The number of hydrogen-bond acceptors (Lipinski definition) is 1. The van der Waals surface area contributed by atoms with E-state index in [1.807, 2.05) is 19.1 Å². The number of hydrogen-bond donors (Lipinski definition) is 0. The van der Waals surface area contributed by atoms with Gasteiger partial charge in [0.15, 0.2) is 0 Å². The van der Waals surface area contributed by atoms with Crippen molar-refractivity contribution in [2.75, 3.05) is 5.88 Å². The van der Waals surface area contributed by atoms with Crippen molar-refractivity contribution in [3.63, 3.8) is 0 Å². The van der Waals surface area contributed by atoms with Gasteiger partial charge in [0.2, 0.25) is 0 Å². The maximum absolute atomic E-state index is 8.54. The summed E-state index contributed by atoms with van der Waals surface area (Å²) in [7, 11) is 0. The van der Waals surface area contributed by atoms with E-state index >= 15 is 0 Å². The van der Waals surface area contributed by atoms with Gasteiger partial charge in [0, 0.05) is 5.88 Å². The standard InChI is InChI=1S/C8H11Cl2N/c1-7(5-9)3-4-8(2,10)6-11/h3H,4-5H2,1-2H3/b7-3+. The summed E-state index contributed by atoms with van der Waals surface area (Å²) in [5, 5.41) is 8.54. The van der Waals surface area contributed by atoms with Crippen LogP contribution in [-0.4, -0.2) is 10.8 Å². The summed E-state index contributed by atoms with van der Waals surface area (Å²) in [6, 6.07) is 2.00. The fraction of sp³-hybridized carbons (Fsp3) is 0.625. The smallest absolute Gasteiger partial charge is 0.131 e. The normalized spacial score (nSPS) is 17.2. The fourth-order valence-corrected chi connectivity index (χ4v) is 0.652. The minimum Gasteiger partial charge on any atom is -0.196 e. The van der Waals surface area contributed by atoms with E-state index in [0.29, 0.717) is 12.3 Å². The molecular formula is C8H11Cl2N. The predicted molar refractivity (Wildman–Crippen MR) is 49.0 cm³/mol. The summed E-state index contributed by atoms with van der Waals surface area (Å²) < 4.78 is 0. The molecule has 1 nitrogen and oxygen atoms in total. The van der Waals surface area contributed by atoms with Crippen molar-refractivity contribution in [1.82, 2.24) is 0 Å². The van der Waals surface area contributed by atoms with Crippen molar-refractivity contribution in [3.8, 4) is 6.07 Å². The summed E-state index contributed by atoms with van der Waals surface area (Å²) in [5.74, 6) is 0.498. The first-order valence-corrected chi connectivity index (χ1v) is 4.25. The van der Waals surface area contributed by atoms with Crippen molar-refractivity contribution >= 4 is 23.2 Å². The summed E-state index contributed by atoms with van der Waals surface area (Å²) in [6.07, 6.45) is 2.44. The van der Waals surface area contributed by atoms with Gasteiger partial charge in [-0.3, -0.25) is 0 Å². The number of nitrogens with zero attached hydrogens (tertiary/aromatic N) is 1. The molecule has 1 atom stereocenters. The minimum absolute atomic E-state index is 0.498. The van der Waals surface area contributed by atoms with E-state index in [2.05, 4.69) is 0 Å². The molecule has 0 rings (SSSR count). The third-order valence-electron chi connectivity index (χ3n) is 1.28. The number of allylic oxidation sites excluding steroid dienone is 2. The fourth-order valence-electron chi connectivity index (χ4n) is 0.466. The zero-order chi connectivity index (χ0) is 8.91. The van der Waals surface area contributed by atoms with E-state index < -0.39 is 4.87 Å². The van der Waals surface area contributed by atoms with Crippen LogP contribution >= 0.6 is 23.2 Å². The lowest BCUT2D eigenvalue weighted by molar-refractivity contribution is 0.802. The first-order chi connectivity index (χ1) is 5.02. The lowest BCUT2D eigenvalue weighted by Gasteiger charge is -2.08. The van der Waals surface area contributed by atoms with Gasteiger partial charge in [-0.15, -0.1) is 23.2 Å². The Kier molecular flexibility index (Phi) is 4.56. The van der Waals surface area contributed by atoms with E-state index in [1.54, 1.807) is 6.92 Å². The molecule has 0 aliphatic carbocycles. The SMILES string of the molecule is C/C(=C\CC(C)(Cl)C#N)CCl. The lowest BCUT2D eigenvalue weighted by atomic mass is 10.1. The third-order valence-corrected chi connectivity index (χ3v) is 1.94. The Morgan fingerprint density at radius 2 is 2.27 bits per heavy atom. The van der Waals surface area contributed by atoms with Crippen LogP contribution in [0.25, 0.3) is 0 Å². The van der Waals surface area contributed by atoms with Gasteiger partial charge in [0.25, 0.3) is 0 Å². The van der Waals surface area contributed by atoms with E-state index in [1.165, 1.54) is 0 Å². The molecule has 62 valence electrons. The van der Waals surface area contributed by atoms with Crippen LogP contribution in [0, 0.1) is 11.3 Å². The highest BCUT2D eigenvalue weighted by Crippen LogP contribution is 2.19. The van der Waals surface area contributed by atoms with Gasteiger partial charge in [0.05, 0.1) is 6.07 Å². The van der Waals surface area contributed by atoms with Gasteiger partial charge in [-0.05, 0) is 20.3 Å². The number of rotatable bonds is 3.